The highest BCUT2D eigenvalue weighted by molar-refractivity contribution is 5.99. The second kappa shape index (κ2) is 9.38. The highest BCUT2D eigenvalue weighted by Gasteiger charge is 2.54. The van der Waals surface area contributed by atoms with Crippen LogP contribution in [0.1, 0.15) is 57.7 Å². The van der Waals surface area contributed by atoms with Crippen molar-refractivity contribution in [1.29, 1.82) is 0 Å². The number of rotatable bonds is 6. The lowest BCUT2D eigenvalue weighted by Crippen LogP contribution is -2.55. The molecule has 9 heteroatoms. The van der Waals surface area contributed by atoms with E-state index in [4.69, 9.17) is 4.74 Å². The van der Waals surface area contributed by atoms with Crippen LogP contribution in [0.3, 0.4) is 0 Å². The zero-order chi connectivity index (χ0) is 26.4. The molecule has 1 aliphatic carbocycles. The van der Waals surface area contributed by atoms with Crippen LogP contribution in [0.5, 0.6) is 5.75 Å². The Morgan fingerprint density at radius 3 is 2.74 bits per heavy atom. The number of hydrogen-bond acceptors (Lipinski definition) is 4. The van der Waals surface area contributed by atoms with Crippen molar-refractivity contribution in [3.8, 4) is 5.75 Å². The van der Waals surface area contributed by atoms with Gasteiger partial charge in [0.05, 0.1) is 5.54 Å². The van der Waals surface area contributed by atoms with Gasteiger partial charge in [-0.25, -0.2) is 8.78 Å². The number of benzene rings is 2. The molecule has 2 aromatic carbocycles. The van der Waals surface area contributed by atoms with Crippen LogP contribution in [0.2, 0.25) is 0 Å². The molecule has 1 saturated heterocycles. The van der Waals surface area contributed by atoms with Gasteiger partial charge in [0.25, 0.3) is 11.8 Å². The summed E-state index contributed by atoms with van der Waals surface area (Å²) in [6, 6.07) is 12.3. The molecule has 2 bridgehead atoms. The topological polar surface area (TPSA) is 80.6 Å². The average molecular weight is 520 g/mol. The van der Waals surface area contributed by atoms with Crippen molar-refractivity contribution < 1.29 is 23.1 Å². The van der Waals surface area contributed by atoms with E-state index < -0.39 is 23.0 Å². The molecule has 6 rings (SSSR count). The van der Waals surface area contributed by atoms with Crippen molar-refractivity contribution in [2.24, 2.45) is 5.92 Å². The van der Waals surface area contributed by atoms with Crippen LogP contribution in [0.4, 0.5) is 8.78 Å². The molecule has 2 amide bonds. The van der Waals surface area contributed by atoms with Gasteiger partial charge in [-0.1, -0.05) is 42.8 Å². The first-order valence-electron chi connectivity index (χ1n) is 12.8. The van der Waals surface area contributed by atoms with Crippen LogP contribution >= 0.6 is 0 Å². The van der Waals surface area contributed by atoms with Crippen LogP contribution in [0.25, 0.3) is 0 Å². The third-order valence-electron chi connectivity index (χ3n) is 8.01. The zero-order valence-corrected chi connectivity index (χ0v) is 20.7. The molecule has 2 fully saturated rings. The third-order valence-corrected chi connectivity index (χ3v) is 8.01. The smallest absolute Gasteiger partial charge is 0.275 e. The Morgan fingerprint density at radius 2 is 1.95 bits per heavy atom. The van der Waals surface area contributed by atoms with Gasteiger partial charge in [0.1, 0.15) is 23.8 Å². The van der Waals surface area contributed by atoms with Gasteiger partial charge in [0.15, 0.2) is 11.4 Å². The van der Waals surface area contributed by atoms with Gasteiger partial charge in [-0.15, -0.1) is 0 Å². The first-order chi connectivity index (χ1) is 18.3. The number of aromatic nitrogens is 1. The van der Waals surface area contributed by atoms with E-state index in [1.807, 2.05) is 35.2 Å². The van der Waals surface area contributed by atoms with E-state index in [-0.39, 0.29) is 47.2 Å². The molecule has 38 heavy (non-hydrogen) atoms. The first-order valence-corrected chi connectivity index (χ1v) is 12.8. The molecular formula is C29H27F2N3O4. The third kappa shape index (κ3) is 4.15. The van der Waals surface area contributed by atoms with Gasteiger partial charge < -0.3 is 19.5 Å². The molecule has 1 aromatic heterocycles. The van der Waals surface area contributed by atoms with Gasteiger partial charge in [-0.3, -0.25) is 14.4 Å². The number of ether oxygens (including phenoxy) is 1. The van der Waals surface area contributed by atoms with Gasteiger partial charge in [-0.2, -0.15) is 0 Å². The van der Waals surface area contributed by atoms with Crippen molar-refractivity contribution >= 4 is 11.8 Å². The fourth-order valence-corrected chi connectivity index (χ4v) is 6.23. The van der Waals surface area contributed by atoms with Crippen LogP contribution in [0, 0.1) is 17.6 Å². The SMILES string of the molecule is O=C(NCc1ccc(F)cc1F)c1cn2c(c(OCc3ccccc3)c1=O)C(=O)N1C[C@H]3CCC[C@@]1(C3)C2. The van der Waals surface area contributed by atoms with E-state index in [1.165, 1.54) is 12.3 Å². The summed E-state index contributed by atoms with van der Waals surface area (Å²) in [6.07, 6.45) is 5.29. The largest absolute Gasteiger partial charge is 0.483 e. The maximum absolute atomic E-state index is 14.1. The summed E-state index contributed by atoms with van der Waals surface area (Å²) in [5, 5.41) is 2.56. The first kappa shape index (κ1) is 24.3. The molecule has 1 saturated carbocycles. The van der Waals surface area contributed by atoms with E-state index in [1.54, 1.807) is 4.57 Å². The Balaban J connectivity index is 1.37. The van der Waals surface area contributed by atoms with Crippen molar-refractivity contribution in [2.45, 2.75) is 50.9 Å². The summed E-state index contributed by atoms with van der Waals surface area (Å²) in [6.45, 7) is 0.955. The van der Waals surface area contributed by atoms with E-state index in [0.29, 0.717) is 19.0 Å². The Labute approximate surface area is 218 Å². The lowest BCUT2D eigenvalue weighted by atomic mass is 9.79. The molecule has 1 spiro atoms. The number of amides is 2. The number of fused-ring (bicyclic) bond motifs is 2. The summed E-state index contributed by atoms with van der Waals surface area (Å²) in [7, 11) is 0. The van der Waals surface area contributed by atoms with E-state index in [2.05, 4.69) is 5.32 Å². The normalized spacial score (nSPS) is 21.6. The summed E-state index contributed by atoms with van der Waals surface area (Å²) in [5.41, 5.74) is -0.168. The molecule has 0 unspecified atom stereocenters. The molecular weight excluding hydrogens is 492 g/mol. The molecule has 2 aliphatic heterocycles. The highest BCUT2D eigenvalue weighted by atomic mass is 19.1. The summed E-state index contributed by atoms with van der Waals surface area (Å²) < 4.78 is 35.0. The minimum absolute atomic E-state index is 0.0516. The number of carbonyl (C=O) groups excluding carboxylic acids is 2. The van der Waals surface area contributed by atoms with Crippen LogP contribution in [-0.2, 0) is 19.7 Å². The van der Waals surface area contributed by atoms with Crippen molar-refractivity contribution in [3.63, 3.8) is 0 Å². The molecule has 0 radical (unpaired) electrons. The number of nitrogens with one attached hydrogen (secondary N) is 1. The lowest BCUT2D eigenvalue weighted by Gasteiger charge is -2.44. The number of pyridine rings is 1. The van der Waals surface area contributed by atoms with Crippen molar-refractivity contribution in [2.75, 3.05) is 6.54 Å². The summed E-state index contributed by atoms with van der Waals surface area (Å²) >= 11 is 0. The summed E-state index contributed by atoms with van der Waals surface area (Å²) in [4.78, 5) is 42.5. The Morgan fingerprint density at radius 1 is 1.13 bits per heavy atom. The quantitative estimate of drug-likeness (QED) is 0.533. The van der Waals surface area contributed by atoms with Crippen LogP contribution < -0.4 is 15.5 Å². The van der Waals surface area contributed by atoms with Crippen molar-refractivity contribution in [3.05, 3.63) is 99.0 Å². The molecule has 1 N–H and O–H groups in total. The monoisotopic (exact) mass is 519 g/mol. The molecule has 3 heterocycles. The Bertz CT molecular complexity index is 1490. The predicted molar refractivity (Wildman–Crippen MR) is 135 cm³/mol. The number of nitrogens with zero attached hydrogens (tertiary/aromatic N) is 2. The fraction of sp³-hybridized carbons (Fsp3) is 0.345. The van der Waals surface area contributed by atoms with Gasteiger partial charge in [0.2, 0.25) is 5.43 Å². The van der Waals surface area contributed by atoms with Crippen LogP contribution in [0.15, 0.2) is 59.5 Å². The number of halogens is 2. The van der Waals surface area contributed by atoms with Gasteiger partial charge in [0, 0.05) is 37.5 Å². The standard InChI is InChI=1S/C29H27F2N3O4/c30-21-9-8-20(23(31)11-21)13-32-27(36)22-15-33-17-29-10-4-7-19(12-29)14-34(29)28(37)24(33)26(25(22)35)38-16-18-5-2-1-3-6-18/h1-3,5-6,8-9,11,15,19H,4,7,10,12-14,16-17H2,(H,32,36)/t19-,29+/m0/s1. The maximum atomic E-state index is 14.1. The molecule has 2 atom stereocenters. The van der Waals surface area contributed by atoms with Gasteiger partial charge in [-0.05, 0) is 36.8 Å². The zero-order valence-electron chi connectivity index (χ0n) is 20.7. The summed E-state index contributed by atoms with van der Waals surface area (Å²) in [5.74, 6) is -2.22. The van der Waals surface area contributed by atoms with E-state index >= 15 is 0 Å². The molecule has 7 nitrogen and oxygen atoms in total. The number of hydrogen-bond donors (Lipinski definition) is 1. The van der Waals surface area contributed by atoms with E-state index in [9.17, 15) is 23.2 Å². The average Bonchev–Trinajstić information content (AvgIpc) is 3.17. The minimum Gasteiger partial charge on any atom is -0.483 e. The molecule has 3 aliphatic rings. The van der Waals surface area contributed by atoms with Crippen LogP contribution in [-0.4, -0.2) is 33.4 Å². The molecule has 196 valence electrons. The second-order valence-electron chi connectivity index (χ2n) is 10.5. The van der Waals surface area contributed by atoms with E-state index in [0.717, 1.165) is 43.4 Å². The molecule has 3 aromatic rings. The fourth-order valence-electron chi connectivity index (χ4n) is 6.23. The number of carbonyl (C=O) groups is 2. The van der Waals surface area contributed by atoms with Gasteiger partial charge >= 0.3 is 0 Å². The van der Waals surface area contributed by atoms with Crippen molar-refractivity contribution in [1.82, 2.24) is 14.8 Å². The maximum Gasteiger partial charge on any atom is 0.275 e. The predicted octanol–water partition coefficient (Wildman–Crippen LogP) is 4.03. The lowest BCUT2D eigenvalue weighted by molar-refractivity contribution is 0.0416. The Kier molecular flexibility index (Phi) is 6.01. The second-order valence-corrected chi connectivity index (χ2v) is 10.5. The Hall–Kier alpha value is -4.01. The highest BCUT2D eigenvalue weighted by Crippen LogP contribution is 2.48. The minimum atomic E-state index is -0.794.